The highest BCUT2D eigenvalue weighted by Crippen LogP contribution is 2.00. The van der Waals surface area contributed by atoms with E-state index in [0.717, 1.165) is 19.3 Å². The molecule has 34 heavy (non-hydrogen) atoms. The van der Waals surface area contributed by atoms with E-state index in [-0.39, 0.29) is 25.6 Å². The van der Waals surface area contributed by atoms with E-state index in [1.165, 1.54) is 0 Å². The summed E-state index contributed by atoms with van der Waals surface area (Å²) in [5.41, 5.74) is 0. The van der Waals surface area contributed by atoms with Crippen molar-refractivity contribution >= 4 is 11.9 Å². The summed E-state index contributed by atoms with van der Waals surface area (Å²) in [6.07, 6.45) is 3.48. The van der Waals surface area contributed by atoms with E-state index in [1.807, 2.05) is 0 Å². The molecular formula is C23H44O11. The number of carboxylic acid groups (broad SMARTS) is 1. The second-order valence-corrected chi connectivity index (χ2v) is 7.11. The van der Waals surface area contributed by atoms with Crippen LogP contribution < -0.4 is 0 Å². The molecule has 0 heterocycles. The fourth-order valence-corrected chi connectivity index (χ4v) is 2.39. The van der Waals surface area contributed by atoms with Crippen LogP contribution in [0.25, 0.3) is 0 Å². The predicted molar refractivity (Wildman–Crippen MR) is 123 cm³/mol. The number of hydrogen-bond donors (Lipinski definition) is 1. The average molecular weight is 497 g/mol. The van der Waals surface area contributed by atoms with Gasteiger partial charge in [0.2, 0.25) is 0 Å². The number of aliphatic carboxylic acids is 1. The molecule has 0 bridgehead atoms. The Morgan fingerprint density at radius 3 is 1.21 bits per heavy atom. The van der Waals surface area contributed by atoms with Crippen LogP contribution in [0.5, 0.6) is 0 Å². The van der Waals surface area contributed by atoms with Crippen LogP contribution in [0.4, 0.5) is 0 Å². The van der Waals surface area contributed by atoms with Gasteiger partial charge in [0.05, 0.1) is 98.9 Å². The Morgan fingerprint density at radius 2 is 0.853 bits per heavy atom. The van der Waals surface area contributed by atoms with Crippen LogP contribution in [-0.4, -0.2) is 116 Å². The second-order valence-electron chi connectivity index (χ2n) is 7.11. The van der Waals surface area contributed by atoms with E-state index in [1.54, 1.807) is 0 Å². The van der Waals surface area contributed by atoms with Crippen LogP contribution in [-0.2, 0) is 47.5 Å². The monoisotopic (exact) mass is 496 g/mol. The van der Waals surface area contributed by atoms with E-state index in [0.29, 0.717) is 92.3 Å². The highest BCUT2D eigenvalue weighted by molar-refractivity contribution is 5.69. The lowest BCUT2D eigenvalue weighted by Gasteiger charge is -2.08. The molecule has 0 saturated carbocycles. The molecule has 0 radical (unpaired) electrons. The molecule has 11 nitrogen and oxygen atoms in total. The van der Waals surface area contributed by atoms with Gasteiger partial charge in [-0.2, -0.15) is 0 Å². The summed E-state index contributed by atoms with van der Waals surface area (Å²) in [5.74, 6) is -1.04. The van der Waals surface area contributed by atoms with E-state index in [9.17, 15) is 9.59 Å². The first-order chi connectivity index (χ1) is 16.7. The van der Waals surface area contributed by atoms with Crippen molar-refractivity contribution in [2.45, 2.75) is 39.0 Å². The summed E-state index contributed by atoms with van der Waals surface area (Å²) < 4.78 is 42.4. The molecule has 0 aromatic heterocycles. The number of unbranched alkanes of at least 4 members (excludes halogenated alkanes) is 2. The van der Waals surface area contributed by atoms with E-state index < -0.39 is 5.97 Å². The first kappa shape index (κ1) is 32.7. The van der Waals surface area contributed by atoms with Crippen LogP contribution >= 0.6 is 0 Å². The molecule has 0 amide bonds. The molecule has 0 aromatic carbocycles. The molecule has 1 N–H and O–H groups in total. The van der Waals surface area contributed by atoms with Crippen LogP contribution in [0.1, 0.15) is 39.0 Å². The van der Waals surface area contributed by atoms with E-state index in [4.69, 9.17) is 43.0 Å². The zero-order valence-electron chi connectivity index (χ0n) is 20.7. The topological polar surface area (TPSA) is 128 Å². The van der Waals surface area contributed by atoms with Crippen molar-refractivity contribution in [2.24, 2.45) is 0 Å². The predicted octanol–water partition coefficient (Wildman–Crippen LogP) is 1.70. The van der Waals surface area contributed by atoms with Crippen molar-refractivity contribution in [2.75, 3.05) is 99.1 Å². The molecule has 0 aliphatic rings. The van der Waals surface area contributed by atoms with Gasteiger partial charge in [0.25, 0.3) is 0 Å². The summed E-state index contributed by atoms with van der Waals surface area (Å²) >= 11 is 0. The summed E-state index contributed by atoms with van der Waals surface area (Å²) in [5, 5.41) is 8.45. The minimum absolute atomic E-state index is 0.00116. The summed E-state index contributed by atoms with van der Waals surface area (Å²) in [4.78, 5) is 21.7. The molecular weight excluding hydrogens is 452 g/mol. The molecule has 0 fully saturated rings. The third-order valence-electron chi connectivity index (χ3n) is 4.17. The highest BCUT2D eigenvalue weighted by atomic mass is 16.6. The van der Waals surface area contributed by atoms with Crippen molar-refractivity contribution in [1.82, 2.24) is 0 Å². The third-order valence-corrected chi connectivity index (χ3v) is 4.17. The molecule has 202 valence electrons. The van der Waals surface area contributed by atoms with Gasteiger partial charge in [-0.25, -0.2) is 0 Å². The van der Waals surface area contributed by atoms with Gasteiger partial charge >= 0.3 is 11.9 Å². The smallest absolute Gasteiger partial charge is 0.305 e. The Labute approximate surface area is 203 Å². The summed E-state index contributed by atoms with van der Waals surface area (Å²) in [6, 6.07) is 0. The third kappa shape index (κ3) is 28.7. The Bertz CT molecular complexity index is 449. The second kappa shape index (κ2) is 27.9. The van der Waals surface area contributed by atoms with E-state index in [2.05, 4.69) is 6.92 Å². The normalized spacial score (nSPS) is 11.1. The first-order valence-electron chi connectivity index (χ1n) is 12.1. The Kier molecular flexibility index (Phi) is 26.8. The number of ether oxygens (including phenoxy) is 8. The highest BCUT2D eigenvalue weighted by Gasteiger charge is 2.01. The van der Waals surface area contributed by atoms with Gasteiger partial charge in [-0.3, -0.25) is 9.59 Å². The largest absolute Gasteiger partial charge is 0.481 e. The lowest BCUT2D eigenvalue weighted by atomic mass is 10.2. The van der Waals surface area contributed by atoms with Crippen molar-refractivity contribution in [3.8, 4) is 0 Å². The van der Waals surface area contributed by atoms with Crippen molar-refractivity contribution < 1.29 is 52.6 Å². The van der Waals surface area contributed by atoms with Gasteiger partial charge < -0.3 is 43.0 Å². The molecule has 0 rings (SSSR count). The number of carbonyl (C=O) groups is 2. The number of carbonyl (C=O) groups excluding carboxylic acids is 1. The standard InChI is InChI=1S/C23H44O11/c1-2-3-4-5-23(26)34-21-20-33-19-18-32-17-16-31-15-14-30-13-12-29-11-10-28-9-8-27-7-6-22(24)25/h2-21H2,1H3,(H,24,25). The van der Waals surface area contributed by atoms with Crippen LogP contribution in [0.15, 0.2) is 0 Å². The molecule has 0 saturated heterocycles. The van der Waals surface area contributed by atoms with Crippen LogP contribution in [0, 0.1) is 0 Å². The van der Waals surface area contributed by atoms with Crippen molar-refractivity contribution in [3.63, 3.8) is 0 Å². The van der Waals surface area contributed by atoms with Gasteiger partial charge in [-0.15, -0.1) is 0 Å². The maximum atomic E-state index is 11.4. The summed E-state index contributed by atoms with van der Waals surface area (Å²) in [7, 11) is 0. The van der Waals surface area contributed by atoms with Crippen molar-refractivity contribution in [3.05, 3.63) is 0 Å². The summed E-state index contributed by atoms with van der Waals surface area (Å²) in [6.45, 7) is 8.39. The SMILES string of the molecule is CCCCCC(=O)OCCOCCOCCOCCOCCOCCOCCOCCC(=O)O. The quantitative estimate of drug-likeness (QED) is 0.126. The zero-order valence-corrected chi connectivity index (χ0v) is 20.7. The number of carboxylic acids is 1. The van der Waals surface area contributed by atoms with Crippen LogP contribution in [0.3, 0.4) is 0 Å². The van der Waals surface area contributed by atoms with Gasteiger partial charge in [0.1, 0.15) is 6.61 Å². The number of esters is 1. The molecule has 0 aliphatic heterocycles. The van der Waals surface area contributed by atoms with Gasteiger partial charge in [-0.05, 0) is 6.42 Å². The molecule has 0 atom stereocenters. The lowest BCUT2D eigenvalue weighted by molar-refractivity contribution is -0.145. The Balaban J connectivity index is 3.08. The number of hydrogen-bond acceptors (Lipinski definition) is 10. The molecule has 0 aromatic rings. The zero-order chi connectivity index (χ0) is 25.0. The maximum Gasteiger partial charge on any atom is 0.305 e. The molecule has 0 aliphatic carbocycles. The first-order valence-corrected chi connectivity index (χ1v) is 12.1. The van der Waals surface area contributed by atoms with Gasteiger partial charge in [0.15, 0.2) is 0 Å². The minimum atomic E-state index is -0.874. The Morgan fingerprint density at radius 1 is 0.500 bits per heavy atom. The minimum Gasteiger partial charge on any atom is -0.481 e. The molecule has 0 unspecified atom stereocenters. The fraction of sp³-hybridized carbons (Fsp3) is 0.913. The van der Waals surface area contributed by atoms with E-state index >= 15 is 0 Å². The van der Waals surface area contributed by atoms with Crippen LogP contribution in [0.2, 0.25) is 0 Å². The molecule has 11 heteroatoms. The average Bonchev–Trinajstić information content (AvgIpc) is 2.81. The molecule has 0 spiro atoms. The van der Waals surface area contributed by atoms with Gasteiger partial charge in [0, 0.05) is 6.42 Å². The fourth-order valence-electron chi connectivity index (χ4n) is 2.39. The maximum absolute atomic E-state index is 11.4. The number of rotatable bonds is 28. The van der Waals surface area contributed by atoms with Gasteiger partial charge in [-0.1, -0.05) is 19.8 Å². The lowest BCUT2D eigenvalue weighted by Crippen LogP contribution is -2.15. The van der Waals surface area contributed by atoms with Crippen molar-refractivity contribution in [1.29, 1.82) is 0 Å². The Hall–Kier alpha value is -1.34.